The van der Waals surface area contributed by atoms with Crippen molar-refractivity contribution in [3.05, 3.63) is 0 Å². The van der Waals surface area contributed by atoms with E-state index in [-0.39, 0.29) is 12.4 Å². The minimum absolute atomic E-state index is 0.0219. The first-order chi connectivity index (χ1) is 4.50. The van der Waals surface area contributed by atoms with E-state index in [1.165, 1.54) is 0 Å². The van der Waals surface area contributed by atoms with E-state index in [0.717, 1.165) is 0 Å². The minimum atomic E-state index is -4.43. The second kappa shape index (κ2) is 4.05. The van der Waals surface area contributed by atoms with E-state index in [2.05, 4.69) is 0 Å². The molecule has 0 aromatic rings. The van der Waals surface area contributed by atoms with E-state index >= 15 is 0 Å². The molecule has 3 nitrogen and oxygen atoms in total. The zero-order chi connectivity index (χ0) is 8.20. The minimum Gasteiger partial charge on any atom is -0.209 e. The number of sulfonamides is 1. The number of rotatable bonds is 4. The van der Waals surface area contributed by atoms with Crippen molar-refractivity contribution in [1.29, 1.82) is 0 Å². The summed E-state index contributed by atoms with van der Waals surface area (Å²) < 4.78 is 44.8. The van der Waals surface area contributed by atoms with Crippen molar-refractivity contribution in [2.75, 3.05) is 12.4 Å². The predicted octanol–water partition coefficient (Wildman–Crippen LogP) is 0.367. The summed E-state index contributed by atoms with van der Waals surface area (Å²) in [5.41, 5.74) is 0. The van der Waals surface area contributed by atoms with Crippen molar-refractivity contribution >= 4 is 21.6 Å². The largest absolute Gasteiger partial charge is 0.350 e. The van der Waals surface area contributed by atoms with E-state index in [4.69, 9.17) is 11.6 Å². The molecule has 0 aromatic heterocycles. The molecule has 0 unspecified atom stereocenters. The highest BCUT2D eigenvalue weighted by Gasteiger charge is 2.22. The van der Waals surface area contributed by atoms with E-state index in [1.54, 1.807) is 4.72 Å². The lowest BCUT2D eigenvalue weighted by molar-refractivity contribution is 0.232. The Kier molecular flexibility index (Phi) is 4.07. The van der Waals surface area contributed by atoms with Crippen molar-refractivity contribution in [2.24, 2.45) is 0 Å². The standard InChI is InChI=1S/C3H6ClF2NO2S/c4-1-2-7-10(8,9)3(5)6/h3,7H,1-2H2. The first kappa shape index (κ1) is 10.1. The van der Waals surface area contributed by atoms with E-state index in [9.17, 15) is 17.2 Å². The van der Waals surface area contributed by atoms with Gasteiger partial charge in [0.1, 0.15) is 0 Å². The highest BCUT2D eigenvalue weighted by Crippen LogP contribution is 2.00. The molecule has 7 heteroatoms. The Bertz CT molecular complexity index is 181. The van der Waals surface area contributed by atoms with Gasteiger partial charge >= 0.3 is 5.76 Å². The molecule has 1 N–H and O–H groups in total. The molecule has 0 saturated carbocycles. The SMILES string of the molecule is O=S(=O)(NCCCl)C(F)F. The monoisotopic (exact) mass is 193 g/mol. The first-order valence-corrected chi connectivity index (χ1v) is 4.41. The second-order valence-corrected chi connectivity index (χ2v) is 3.50. The van der Waals surface area contributed by atoms with Crippen LogP contribution in [-0.4, -0.2) is 26.6 Å². The van der Waals surface area contributed by atoms with Crippen LogP contribution in [0.3, 0.4) is 0 Å². The van der Waals surface area contributed by atoms with Crippen LogP contribution in [0, 0.1) is 0 Å². The lowest BCUT2D eigenvalue weighted by Gasteiger charge is -2.01. The summed E-state index contributed by atoms with van der Waals surface area (Å²) in [6.45, 7) is -0.172. The number of hydrogen-bond acceptors (Lipinski definition) is 2. The highest BCUT2D eigenvalue weighted by molar-refractivity contribution is 7.89. The fourth-order valence-electron chi connectivity index (χ4n) is 0.244. The summed E-state index contributed by atoms with van der Waals surface area (Å²) in [5, 5.41) is 0. The van der Waals surface area contributed by atoms with Gasteiger partial charge < -0.3 is 0 Å². The molecule has 0 aliphatic carbocycles. The molecule has 0 radical (unpaired) electrons. The normalized spacial score (nSPS) is 12.4. The highest BCUT2D eigenvalue weighted by atomic mass is 35.5. The third-order valence-electron chi connectivity index (χ3n) is 0.632. The zero-order valence-electron chi connectivity index (χ0n) is 4.85. The van der Waals surface area contributed by atoms with Crippen LogP contribution in [0.15, 0.2) is 0 Å². The molecule has 0 rings (SSSR count). The molecule has 10 heavy (non-hydrogen) atoms. The van der Waals surface area contributed by atoms with Gasteiger partial charge in [-0.3, -0.25) is 0 Å². The molecular formula is C3H6ClF2NO2S. The molecule has 0 spiro atoms. The van der Waals surface area contributed by atoms with Gasteiger partial charge in [0.25, 0.3) is 10.0 Å². The van der Waals surface area contributed by atoms with Crippen molar-refractivity contribution in [3.63, 3.8) is 0 Å². The molecular weight excluding hydrogens is 188 g/mol. The fraction of sp³-hybridized carbons (Fsp3) is 1.00. The van der Waals surface area contributed by atoms with Crippen LogP contribution in [0.25, 0.3) is 0 Å². The van der Waals surface area contributed by atoms with Crippen molar-refractivity contribution in [2.45, 2.75) is 5.76 Å². The Morgan fingerprint density at radius 2 is 2.00 bits per heavy atom. The van der Waals surface area contributed by atoms with Gasteiger partial charge in [0.05, 0.1) is 0 Å². The van der Waals surface area contributed by atoms with Crippen molar-refractivity contribution < 1.29 is 17.2 Å². The summed E-state index contributed by atoms with van der Waals surface area (Å²) in [6, 6.07) is 0. The van der Waals surface area contributed by atoms with Gasteiger partial charge in [-0.1, -0.05) is 0 Å². The van der Waals surface area contributed by atoms with Gasteiger partial charge in [-0.2, -0.15) is 8.78 Å². The van der Waals surface area contributed by atoms with Crippen LogP contribution in [0.1, 0.15) is 0 Å². The number of nitrogens with one attached hydrogen (secondary N) is 1. The third-order valence-corrected chi connectivity index (χ3v) is 1.90. The molecule has 0 fully saturated rings. The Morgan fingerprint density at radius 3 is 2.30 bits per heavy atom. The van der Waals surface area contributed by atoms with Gasteiger partial charge in [-0.05, 0) is 0 Å². The van der Waals surface area contributed by atoms with Crippen LogP contribution in [0.4, 0.5) is 8.78 Å². The Balaban J connectivity index is 3.90. The average molecular weight is 194 g/mol. The van der Waals surface area contributed by atoms with Gasteiger partial charge in [0, 0.05) is 12.4 Å². The van der Waals surface area contributed by atoms with Gasteiger partial charge in [0.15, 0.2) is 0 Å². The molecule has 0 atom stereocenters. The summed E-state index contributed by atoms with van der Waals surface area (Å²) in [4.78, 5) is 0. The molecule has 0 aromatic carbocycles. The summed E-state index contributed by atoms with van der Waals surface area (Å²) in [5.74, 6) is -3.40. The zero-order valence-corrected chi connectivity index (χ0v) is 6.42. The Hall–Kier alpha value is 0.0600. The third kappa shape index (κ3) is 3.28. The number of alkyl halides is 3. The molecule has 0 heterocycles. The maximum atomic E-state index is 11.4. The van der Waals surface area contributed by atoms with Crippen molar-refractivity contribution in [1.82, 2.24) is 4.72 Å². The Morgan fingerprint density at radius 1 is 1.50 bits per heavy atom. The molecule has 62 valence electrons. The number of halogens is 3. The maximum Gasteiger partial charge on any atom is 0.350 e. The first-order valence-electron chi connectivity index (χ1n) is 2.33. The average Bonchev–Trinajstić information content (AvgIpc) is 1.84. The van der Waals surface area contributed by atoms with Gasteiger partial charge in [-0.25, -0.2) is 13.1 Å². The van der Waals surface area contributed by atoms with Crippen LogP contribution >= 0.6 is 11.6 Å². The number of hydrogen-bond donors (Lipinski definition) is 1. The predicted molar refractivity (Wildman–Crippen MR) is 33.6 cm³/mol. The van der Waals surface area contributed by atoms with Crippen molar-refractivity contribution in [3.8, 4) is 0 Å². The van der Waals surface area contributed by atoms with Crippen LogP contribution in [0.2, 0.25) is 0 Å². The van der Waals surface area contributed by atoms with E-state index in [0.29, 0.717) is 0 Å². The van der Waals surface area contributed by atoms with Crippen LogP contribution in [0.5, 0.6) is 0 Å². The molecule has 0 amide bonds. The molecule has 0 aliphatic rings. The van der Waals surface area contributed by atoms with Crippen LogP contribution in [-0.2, 0) is 10.0 Å². The van der Waals surface area contributed by atoms with Crippen LogP contribution < -0.4 is 4.72 Å². The second-order valence-electron chi connectivity index (χ2n) is 1.39. The summed E-state index contributed by atoms with van der Waals surface area (Å²) in [6.07, 6.45) is 0. The quantitative estimate of drug-likeness (QED) is 0.656. The van der Waals surface area contributed by atoms with Gasteiger partial charge in [-0.15, -0.1) is 11.6 Å². The molecule has 0 saturated heterocycles. The van der Waals surface area contributed by atoms with E-state index in [1.807, 2.05) is 0 Å². The smallest absolute Gasteiger partial charge is 0.209 e. The molecule has 0 bridgehead atoms. The molecule has 0 aliphatic heterocycles. The van der Waals surface area contributed by atoms with E-state index < -0.39 is 15.8 Å². The van der Waals surface area contributed by atoms with Gasteiger partial charge in [0.2, 0.25) is 0 Å². The summed E-state index contributed by atoms with van der Waals surface area (Å²) in [7, 11) is -4.43. The lowest BCUT2D eigenvalue weighted by atomic mass is 10.8. The Labute approximate surface area is 62.4 Å². The lowest BCUT2D eigenvalue weighted by Crippen LogP contribution is -2.30. The topological polar surface area (TPSA) is 46.2 Å². The fourth-order valence-corrected chi connectivity index (χ4v) is 0.963. The maximum absolute atomic E-state index is 11.4. The summed E-state index contributed by atoms with van der Waals surface area (Å²) >= 11 is 5.04.